The Morgan fingerprint density at radius 1 is 1.17 bits per heavy atom. The lowest BCUT2D eigenvalue weighted by Gasteiger charge is -2.14. The topological polar surface area (TPSA) is 56.0 Å². The minimum Gasteiger partial charge on any atom is -0.237 e. The second kappa shape index (κ2) is 5.69. The van der Waals surface area contributed by atoms with Crippen molar-refractivity contribution >= 4 is 28.9 Å². The van der Waals surface area contributed by atoms with Crippen LogP contribution < -0.4 is 0 Å². The summed E-state index contributed by atoms with van der Waals surface area (Å²) in [5.74, 6) is -1.27. The first-order chi connectivity index (χ1) is 11.0. The maximum absolute atomic E-state index is 12.8. The smallest absolute Gasteiger partial charge is 0.237 e. The Labute approximate surface area is 144 Å². The molecule has 0 atom stereocenters. The van der Waals surface area contributed by atoms with E-state index in [-0.39, 0.29) is 11.2 Å². The Morgan fingerprint density at radius 3 is 2.46 bits per heavy atom. The first kappa shape index (κ1) is 17.2. The molecule has 0 saturated heterocycles. The molecule has 0 aliphatic rings. The molecule has 24 heavy (non-hydrogen) atoms. The molecule has 0 spiro atoms. The van der Waals surface area contributed by atoms with Crippen LogP contribution in [0.1, 0.15) is 37.2 Å². The maximum atomic E-state index is 12.8. The van der Waals surface area contributed by atoms with E-state index in [1.165, 1.54) is 23.1 Å². The van der Waals surface area contributed by atoms with Gasteiger partial charge in [-0.05, 0) is 30.2 Å². The predicted molar refractivity (Wildman–Crippen MR) is 85.5 cm³/mol. The van der Waals surface area contributed by atoms with Crippen LogP contribution in [0.25, 0.3) is 5.78 Å². The summed E-state index contributed by atoms with van der Waals surface area (Å²) in [5.41, 5.74) is 0.537. The predicted octanol–water partition coefficient (Wildman–Crippen LogP) is 4.36. The van der Waals surface area contributed by atoms with Crippen LogP contribution in [0.2, 0.25) is 0 Å². The minimum absolute atomic E-state index is 0.0311. The molecule has 0 unspecified atom stereocenters. The molecule has 5 nitrogen and oxygen atoms in total. The third kappa shape index (κ3) is 3.39. The molecular formula is C14H14F3N5S2. The van der Waals surface area contributed by atoms with Crippen molar-refractivity contribution in [2.45, 2.75) is 48.7 Å². The molecule has 0 aromatic carbocycles. The average Bonchev–Trinajstić information content (AvgIpc) is 3.03. The summed E-state index contributed by atoms with van der Waals surface area (Å²) in [6.45, 7) is 7.94. The molecule has 3 aromatic rings. The summed E-state index contributed by atoms with van der Waals surface area (Å²) in [7, 11) is 0. The van der Waals surface area contributed by atoms with Crippen LogP contribution in [-0.4, -0.2) is 24.6 Å². The van der Waals surface area contributed by atoms with E-state index in [1.54, 1.807) is 19.2 Å². The van der Waals surface area contributed by atoms with Crippen LogP contribution in [0.15, 0.2) is 21.6 Å². The van der Waals surface area contributed by atoms with Crippen molar-refractivity contribution in [1.82, 2.24) is 24.6 Å². The minimum atomic E-state index is -4.61. The second-order valence-corrected chi connectivity index (χ2v) is 8.52. The zero-order chi connectivity index (χ0) is 17.7. The summed E-state index contributed by atoms with van der Waals surface area (Å²) in [6, 6.07) is 1.67. The van der Waals surface area contributed by atoms with Crippen LogP contribution in [0.5, 0.6) is 0 Å². The Hall–Kier alpha value is -1.68. The van der Waals surface area contributed by atoms with Gasteiger partial charge in [-0.15, -0.1) is 16.4 Å². The number of hydrogen-bond acceptors (Lipinski definition) is 6. The van der Waals surface area contributed by atoms with Crippen LogP contribution in [0.4, 0.5) is 13.2 Å². The highest BCUT2D eigenvalue weighted by Crippen LogP contribution is 2.36. The lowest BCUT2D eigenvalue weighted by Crippen LogP contribution is -2.08. The van der Waals surface area contributed by atoms with Crippen LogP contribution >= 0.6 is 23.1 Å². The SMILES string of the molecule is Cc1cc(Sc2ncc(C(C)(C)C)s2)n2nc(C(F)(F)F)nc2n1. The van der Waals surface area contributed by atoms with Crippen molar-refractivity contribution in [3.8, 4) is 0 Å². The Morgan fingerprint density at radius 2 is 1.88 bits per heavy atom. The maximum Gasteiger partial charge on any atom is 0.453 e. The van der Waals surface area contributed by atoms with Crippen molar-refractivity contribution in [3.63, 3.8) is 0 Å². The van der Waals surface area contributed by atoms with Gasteiger partial charge in [-0.25, -0.2) is 9.97 Å². The number of nitrogens with zero attached hydrogens (tertiary/aromatic N) is 5. The summed E-state index contributed by atoms with van der Waals surface area (Å²) in [5, 5.41) is 4.05. The number of aromatic nitrogens is 5. The van der Waals surface area contributed by atoms with Gasteiger partial charge in [0.15, 0.2) is 4.34 Å². The van der Waals surface area contributed by atoms with Crippen molar-refractivity contribution in [2.24, 2.45) is 0 Å². The van der Waals surface area contributed by atoms with Gasteiger partial charge in [-0.2, -0.15) is 22.7 Å². The van der Waals surface area contributed by atoms with Crippen molar-refractivity contribution in [2.75, 3.05) is 0 Å². The number of halogens is 3. The van der Waals surface area contributed by atoms with E-state index >= 15 is 0 Å². The molecule has 0 fully saturated rings. The average molecular weight is 373 g/mol. The quantitative estimate of drug-likeness (QED) is 0.625. The Balaban J connectivity index is 2.02. The molecule has 0 aliphatic heterocycles. The summed E-state index contributed by atoms with van der Waals surface area (Å²) in [6.07, 6.45) is -2.81. The standard InChI is InChI=1S/C14H14F3N5S2/c1-7-5-9(24-12-18-6-8(23-12)13(2,3)4)22-11(19-7)20-10(21-22)14(15,16)17/h5-6H,1-4H3. The van der Waals surface area contributed by atoms with Crippen molar-refractivity contribution in [3.05, 3.63) is 28.7 Å². The Kier molecular flexibility index (Phi) is 4.07. The van der Waals surface area contributed by atoms with Gasteiger partial charge in [-0.3, -0.25) is 0 Å². The number of hydrogen-bond donors (Lipinski definition) is 0. The van der Waals surface area contributed by atoms with Gasteiger partial charge >= 0.3 is 6.18 Å². The van der Waals surface area contributed by atoms with Gasteiger partial charge in [0.2, 0.25) is 0 Å². The van der Waals surface area contributed by atoms with Gasteiger partial charge in [0.05, 0.1) is 0 Å². The Bertz CT molecular complexity index is 892. The van der Waals surface area contributed by atoms with Gasteiger partial charge < -0.3 is 0 Å². The molecule has 3 rings (SSSR count). The number of rotatable bonds is 2. The number of alkyl halides is 3. The molecule has 3 aromatic heterocycles. The third-order valence-corrected chi connectivity index (χ3v) is 5.57. The lowest BCUT2D eigenvalue weighted by molar-refractivity contribution is -0.144. The normalized spacial score (nSPS) is 13.0. The largest absolute Gasteiger partial charge is 0.453 e. The second-order valence-electron chi connectivity index (χ2n) is 6.22. The number of fused-ring (bicyclic) bond motifs is 1. The van der Waals surface area contributed by atoms with Crippen molar-refractivity contribution < 1.29 is 13.2 Å². The molecule has 0 N–H and O–H groups in total. The first-order valence-corrected chi connectivity index (χ1v) is 8.63. The molecule has 0 saturated carbocycles. The number of thiazole rings is 1. The molecular weight excluding hydrogens is 359 g/mol. The zero-order valence-corrected chi connectivity index (χ0v) is 15.0. The van der Waals surface area contributed by atoms with E-state index in [4.69, 9.17) is 0 Å². The highest BCUT2D eigenvalue weighted by Gasteiger charge is 2.37. The summed E-state index contributed by atoms with van der Waals surface area (Å²) < 4.78 is 40.4. The van der Waals surface area contributed by atoms with Crippen LogP contribution in [0, 0.1) is 6.92 Å². The molecule has 0 radical (unpaired) electrons. The highest BCUT2D eigenvalue weighted by molar-refractivity contribution is 8.01. The van der Waals surface area contributed by atoms with Gasteiger partial charge in [0.25, 0.3) is 11.6 Å². The first-order valence-electron chi connectivity index (χ1n) is 7.00. The van der Waals surface area contributed by atoms with E-state index in [0.717, 1.165) is 13.7 Å². The van der Waals surface area contributed by atoms with Gasteiger partial charge in [0, 0.05) is 16.8 Å². The summed E-state index contributed by atoms with van der Waals surface area (Å²) in [4.78, 5) is 12.9. The molecule has 0 aliphatic carbocycles. The zero-order valence-electron chi connectivity index (χ0n) is 13.3. The van der Waals surface area contributed by atoms with E-state index in [1.807, 2.05) is 0 Å². The van der Waals surface area contributed by atoms with Crippen LogP contribution in [-0.2, 0) is 11.6 Å². The lowest BCUT2D eigenvalue weighted by atomic mass is 9.96. The molecule has 0 bridgehead atoms. The molecule has 0 amide bonds. The van der Waals surface area contributed by atoms with E-state index < -0.39 is 12.0 Å². The third-order valence-electron chi connectivity index (χ3n) is 3.08. The van der Waals surface area contributed by atoms with Crippen LogP contribution in [0.3, 0.4) is 0 Å². The number of aryl methyl sites for hydroxylation is 1. The fourth-order valence-corrected chi connectivity index (χ4v) is 4.01. The van der Waals surface area contributed by atoms with E-state index in [2.05, 4.69) is 40.8 Å². The fraction of sp³-hybridized carbons (Fsp3) is 0.429. The van der Waals surface area contributed by atoms with E-state index in [0.29, 0.717) is 10.7 Å². The van der Waals surface area contributed by atoms with Crippen molar-refractivity contribution in [1.29, 1.82) is 0 Å². The highest BCUT2D eigenvalue weighted by atomic mass is 32.2. The molecule has 3 heterocycles. The molecule has 128 valence electrons. The molecule has 10 heteroatoms. The summed E-state index contributed by atoms with van der Waals surface area (Å²) >= 11 is 2.76. The van der Waals surface area contributed by atoms with Gasteiger partial charge in [-0.1, -0.05) is 20.8 Å². The monoisotopic (exact) mass is 373 g/mol. The van der Waals surface area contributed by atoms with Gasteiger partial charge in [0.1, 0.15) is 5.03 Å². The van der Waals surface area contributed by atoms with E-state index in [9.17, 15) is 13.2 Å². The fourth-order valence-electron chi connectivity index (χ4n) is 1.89.